The number of amides is 2. The predicted molar refractivity (Wildman–Crippen MR) is 104 cm³/mol. The van der Waals surface area contributed by atoms with E-state index < -0.39 is 6.10 Å². The molecule has 0 spiro atoms. The molecule has 7 heteroatoms. The van der Waals surface area contributed by atoms with Crippen LogP contribution in [-0.4, -0.2) is 71.9 Å². The third-order valence-electron chi connectivity index (χ3n) is 6.01. The zero-order valence-corrected chi connectivity index (χ0v) is 16.1. The fraction of sp³-hybridized carbons (Fsp3) is 0.619. The average Bonchev–Trinajstić information content (AvgIpc) is 3.51. The first-order valence-corrected chi connectivity index (χ1v) is 10.2. The van der Waals surface area contributed by atoms with Crippen LogP contribution in [0.2, 0.25) is 0 Å². The second-order valence-corrected chi connectivity index (χ2v) is 8.22. The maximum absolute atomic E-state index is 12.4. The van der Waals surface area contributed by atoms with Gasteiger partial charge in [0.25, 0.3) is 0 Å². The highest BCUT2D eigenvalue weighted by Crippen LogP contribution is 2.31. The minimum Gasteiger partial charge on any atom is -0.491 e. The molecule has 2 bridgehead atoms. The highest BCUT2D eigenvalue weighted by atomic mass is 16.5. The Morgan fingerprint density at radius 3 is 2.50 bits per heavy atom. The first-order valence-electron chi connectivity index (χ1n) is 10.2. The van der Waals surface area contributed by atoms with Gasteiger partial charge in [-0.05, 0) is 55.9 Å². The van der Waals surface area contributed by atoms with Gasteiger partial charge in [-0.25, -0.2) is 4.79 Å². The number of nitrogens with zero attached hydrogens (tertiary/aromatic N) is 3. The largest absolute Gasteiger partial charge is 0.491 e. The second-order valence-electron chi connectivity index (χ2n) is 8.22. The number of benzene rings is 1. The molecule has 1 aliphatic carbocycles. The number of aliphatic hydroxyl groups is 1. The van der Waals surface area contributed by atoms with E-state index in [2.05, 4.69) is 16.3 Å². The van der Waals surface area contributed by atoms with Crippen molar-refractivity contribution in [3.63, 3.8) is 0 Å². The van der Waals surface area contributed by atoms with Crippen molar-refractivity contribution in [1.82, 2.24) is 15.1 Å². The van der Waals surface area contributed by atoms with Crippen molar-refractivity contribution in [2.24, 2.45) is 5.92 Å². The molecule has 0 radical (unpaired) electrons. The van der Waals surface area contributed by atoms with Crippen molar-refractivity contribution < 1.29 is 14.6 Å². The number of nitrogens with one attached hydrogen (secondary N) is 1. The van der Waals surface area contributed by atoms with Gasteiger partial charge in [0.15, 0.2) is 0 Å². The number of nitriles is 1. The molecule has 2 N–H and O–H groups in total. The number of aliphatic hydroxyl groups excluding tert-OH is 1. The van der Waals surface area contributed by atoms with Crippen LogP contribution in [0.4, 0.5) is 4.79 Å². The molecule has 3 unspecified atom stereocenters. The maximum atomic E-state index is 12.4. The van der Waals surface area contributed by atoms with Gasteiger partial charge in [-0.3, -0.25) is 4.90 Å². The Balaban J connectivity index is 1.23. The number of carbonyl (C=O) groups is 1. The van der Waals surface area contributed by atoms with E-state index in [1.54, 1.807) is 24.3 Å². The fourth-order valence-corrected chi connectivity index (χ4v) is 4.23. The summed E-state index contributed by atoms with van der Waals surface area (Å²) < 4.78 is 5.66. The van der Waals surface area contributed by atoms with Gasteiger partial charge in [-0.1, -0.05) is 0 Å². The summed E-state index contributed by atoms with van der Waals surface area (Å²) in [6.07, 6.45) is 4.03. The Hall–Kier alpha value is -2.30. The van der Waals surface area contributed by atoms with Gasteiger partial charge in [0.05, 0.1) is 11.6 Å². The van der Waals surface area contributed by atoms with Gasteiger partial charge in [0.2, 0.25) is 0 Å². The number of urea groups is 1. The smallest absolute Gasteiger partial charge is 0.317 e. The van der Waals surface area contributed by atoms with Crippen LogP contribution in [0.5, 0.6) is 5.75 Å². The lowest BCUT2D eigenvalue weighted by Gasteiger charge is -2.41. The summed E-state index contributed by atoms with van der Waals surface area (Å²) in [5, 5.41) is 22.3. The van der Waals surface area contributed by atoms with E-state index in [9.17, 15) is 9.90 Å². The molecule has 1 saturated carbocycles. The molecule has 150 valence electrons. The molecule has 2 amide bonds. The van der Waals surface area contributed by atoms with Gasteiger partial charge < -0.3 is 20.1 Å². The Kier molecular flexibility index (Phi) is 5.69. The highest BCUT2D eigenvalue weighted by Gasteiger charge is 2.42. The van der Waals surface area contributed by atoms with Crippen molar-refractivity contribution in [1.29, 1.82) is 5.26 Å². The lowest BCUT2D eigenvalue weighted by atomic mass is 10.1. The Morgan fingerprint density at radius 1 is 1.21 bits per heavy atom. The van der Waals surface area contributed by atoms with E-state index >= 15 is 0 Å². The Morgan fingerprint density at radius 2 is 1.89 bits per heavy atom. The van der Waals surface area contributed by atoms with Crippen LogP contribution in [0.3, 0.4) is 0 Å². The van der Waals surface area contributed by atoms with Gasteiger partial charge in [-0.2, -0.15) is 5.26 Å². The summed E-state index contributed by atoms with van der Waals surface area (Å²) in [5.41, 5.74) is 0.587. The van der Waals surface area contributed by atoms with Crippen LogP contribution in [0, 0.1) is 17.2 Å². The number of piperazine rings is 1. The first kappa shape index (κ1) is 19.0. The van der Waals surface area contributed by atoms with Crippen LogP contribution in [0.25, 0.3) is 0 Å². The zero-order valence-electron chi connectivity index (χ0n) is 16.1. The topological polar surface area (TPSA) is 88.8 Å². The van der Waals surface area contributed by atoms with Crippen LogP contribution in [0.15, 0.2) is 24.3 Å². The molecule has 1 aromatic rings. The molecule has 3 fully saturated rings. The van der Waals surface area contributed by atoms with Crippen LogP contribution >= 0.6 is 0 Å². The Bertz CT molecular complexity index is 714. The van der Waals surface area contributed by atoms with E-state index in [-0.39, 0.29) is 12.6 Å². The molecule has 2 aliphatic heterocycles. The summed E-state index contributed by atoms with van der Waals surface area (Å²) in [7, 11) is 0. The van der Waals surface area contributed by atoms with Gasteiger partial charge in [0, 0.05) is 38.3 Å². The van der Waals surface area contributed by atoms with Crippen molar-refractivity contribution in [2.45, 2.75) is 43.9 Å². The number of fused-ring (bicyclic) bond motifs is 2. The number of hydrogen-bond donors (Lipinski definition) is 2. The summed E-state index contributed by atoms with van der Waals surface area (Å²) in [5.74, 6) is 1.34. The molecule has 0 aromatic heterocycles. The van der Waals surface area contributed by atoms with Crippen molar-refractivity contribution in [2.75, 3.05) is 32.8 Å². The normalized spacial score (nSPS) is 25.2. The molecule has 3 aliphatic rings. The summed E-state index contributed by atoms with van der Waals surface area (Å²) >= 11 is 0. The predicted octanol–water partition coefficient (Wildman–Crippen LogP) is 1.57. The van der Waals surface area contributed by atoms with Gasteiger partial charge in [0.1, 0.15) is 18.5 Å². The lowest BCUT2D eigenvalue weighted by molar-refractivity contribution is 0.0200. The minimum atomic E-state index is -0.589. The van der Waals surface area contributed by atoms with Crippen molar-refractivity contribution in [3.05, 3.63) is 29.8 Å². The number of carbonyl (C=O) groups excluding carboxylic acids is 1. The Labute approximate surface area is 165 Å². The maximum Gasteiger partial charge on any atom is 0.317 e. The van der Waals surface area contributed by atoms with E-state index in [0.29, 0.717) is 35.9 Å². The third kappa shape index (κ3) is 4.57. The SMILES string of the molecule is N#Cc1ccc(OCC(O)CN2C3CCC2CN(C(=O)NCC2CC2)C3)cc1. The molecule has 1 aromatic carbocycles. The molecular weight excluding hydrogens is 356 g/mol. The summed E-state index contributed by atoms with van der Waals surface area (Å²) in [4.78, 5) is 16.7. The second kappa shape index (κ2) is 8.38. The van der Waals surface area contributed by atoms with Gasteiger partial charge >= 0.3 is 6.03 Å². The van der Waals surface area contributed by atoms with Crippen LogP contribution in [-0.2, 0) is 0 Å². The number of likely N-dealkylation sites (tertiary alicyclic amines) is 1. The van der Waals surface area contributed by atoms with Crippen LogP contribution in [0.1, 0.15) is 31.2 Å². The standard InChI is InChI=1S/C21H28N4O3/c22-9-15-3-7-20(8-4-15)28-14-19(26)13-25-17-5-6-18(25)12-24(11-17)21(27)23-10-16-1-2-16/h3-4,7-8,16-19,26H,1-2,5-6,10-14H2,(H,23,27). The number of rotatable bonds is 7. The van der Waals surface area contributed by atoms with Crippen molar-refractivity contribution in [3.8, 4) is 11.8 Å². The van der Waals surface area contributed by atoms with Crippen LogP contribution < -0.4 is 10.1 Å². The minimum absolute atomic E-state index is 0.0631. The van der Waals surface area contributed by atoms with Crippen molar-refractivity contribution >= 4 is 6.03 Å². The molecule has 2 saturated heterocycles. The van der Waals surface area contributed by atoms with E-state index in [4.69, 9.17) is 10.00 Å². The molecule has 4 rings (SSSR count). The number of hydrogen-bond acceptors (Lipinski definition) is 5. The average molecular weight is 384 g/mol. The number of ether oxygens (including phenoxy) is 1. The summed E-state index contributed by atoms with van der Waals surface area (Å²) in [6.45, 7) is 3.04. The monoisotopic (exact) mass is 384 g/mol. The van der Waals surface area contributed by atoms with Gasteiger partial charge in [-0.15, -0.1) is 0 Å². The molecular formula is C21H28N4O3. The highest BCUT2D eigenvalue weighted by molar-refractivity contribution is 5.74. The third-order valence-corrected chi connectivity index (χ3v) is 6.01. The van der Waals surface area contributed by atoms with E-state index in [1.165, 1.54) is 12.8 Å². The lowest BCUT2D eigenvalue weighted by Crippen LogP contribution is -2.58. The van der Waals surface area contributed by atoms with E-state index in [1.807, 2.05) is 4.90 Å². The molecule has 2 heterocycles. The molecule has 3 atom stereocenters. The molecule has 28 heavy (non-hydrogen) atoms. The fourth-order valence-electron chi connectivity index (χ4n) is 4.23. The molecule has 7 nitrogen and oxygen atoms in total. The van der Waals surface area contributed by atoms with E-state index in [0.717, 1.165) is 32.5 Å². The first-order chi connectivity index (χ1) is 13.6. The quantitative estimate of drug-likeness (QED) is 0.745. The summed E-state index contributed by atoms with van der Waals surface area (Å²) in [6, 6.07) is 9.66. The zero-order chi connectivity index (χ0) is 19.5.